The molecule has 2 rings (SSSR count). The predicted molar refractivity (Wildman–Crippen MR) is 78.0 cm³/mol. The summed E-state index contributed by atoms with van der Waals surface area (Å²) in [6.45, 7) is 4.02. The number of hydrogen-bond acceptors (Lipinski definition) is 3. The van der Waals surface area contributed by atoms with Gasteiger partial charge in [-0.2, -0.15) is 0 Å². The Morgan fingerprint density at radius 1 is 1.15 bits per heavy atom. The van der Waals surface area contributed by atoms with E-state index in [1.165, 1.54) is 13.2 Å². The topological polar surface area (TPSA) is 47.3 Å². The molecule has 1 atom stereocenters. The molecular formula is C16H19FN2O. The maximum atomic E-state index is 14.2. The van der Waals surface area contributed by atoms with E-state index in [2.05, 4.69) is 5.43 Å². The lowest BCUT2D eigenvalue weighted by Crippen LogP contribution is -2.30. The molecule has 0 amide bonds. The van der Waals surface area contributed by atoms with Crippen molar-refractivity contribution in [3.63, 3.8) is 0 Å². The summed E-state index contributed by atoms with van der Waals surface area (Å²) in [7, 11) is 1.52. The van der Waals surface area contributed by atoms with Crippen molar-refractivity contribution < 1.29 is 9.13 Å². The molecule has 106 valence electrons. The van der Waals surface area contributed by atoms with Gasteiger partial charge >= 0.3 is 0 Å². The van der Waals surface area contributed by atoms with Crippen LogP contribution >= 0.6 is 0 Å². The highest BCUT2D eigenvalue weighted by Gasteiger charge is 2.22. The van der Waals surface area contributed by atoms with Crippen LogP contribution in [0.25, 0.3) is 0 Å². The number of halogens is 1. The summed E-state index contributed by atoms with van der Waals surface area (Å²) in [5.74, 6) is 5.82. The molecule has 3 N–H and O–H groups in total. The molecule has 0 radical (unpaired) electrons. The highest BCUT2D eigenvalue weighted by molar-refractivity contribution is 5.46. The smallest absolute Gasteiger partial charge is 0.132 e. The first-order chi connectivity index (χ1) is 9.60. The van der Waals surface area contributed by atoms with E-state index in [0.29, 0.717) is 11.3 Å². The number of aryl methyl sites for hydroxylation is 1. The van der Waals surface area contributed by atoms with Crippen LogP contribution in [0.4, 0.5) is 4.39 Å². The summed E-state index contributed by atoms with van der Waals surface area (Å²) < 4.78 is 19.5. The van der Waals surface area contributed by atoms with E-state index < -0.39 is 6.04 Å². The molecule has 0 aromatic heterocycles. The molecule has 0 bridgehead atoms. The second-order valence-electron chi connectivity index (χ2n) is 4.74. The van der Waals surface area contributed by atoms with Crippen LogP contribution in [0.2, 0.25) is 0 Å². The predicted octanol–water partition coefficient (Wildman–Crippen LogP) is 3.00. The minimum atomic E-state index is -0.453. The number of nitrogens with one attached hydrogen (secondary N) is 1. The van der Waals surface area contributed by atoms with Gasteiger partial charge in [-0.15, -0.1) is 0 Å². The van der Waals surface area contributed by atoms with Gasteiger partial charge in [-0.3, -0.25) is 5.84 Å². The number of ether oxygens (including phenoxy) is 1. The standard InChI is InChI=1S/C16H19FN2O/c1-10-6-4-7-12(11(10)2)16(19-18)15-13(17)8-5-9-14(15)20-3/h4-9,16,19H,18H2,1-3H3. The maximum Gasteiger partial charge on any atom is 0.132 e. The second-order valence-corrected chi connectivity index (χ2v) is 4.74. The largest absolute Gasteiger partial charge is 0.496 e. The molecule has 3 nitrogen and oxygen atoms in total. The van der Waals surface area contributed by atoms with Crippen LogP contribution < -0.4 is 16.0 Å². The van der Waals surface area contributed by atoms with Crippen molar-refractivity contribution in [3.05, 3.63) is 64.5 Å². The first kappa shape index (κ1) is 14.5. The van der Waals surface area contributed by atoms with Crippen molar-refractivity contribution in [1.82, 2.24) is 5.43 Å². The fourth-order valence-electron chi connectivity index (χ4n) is 2.39. The molecule has 1 unspecified atom stereocenters. The highest BCUT2D eigenvalue weighted by Crippen LogP contribution is 2.33. The average Bonchev–Trinajstić information content (AvgIpc) is 2.45. The summed E-state index contributed by atoms with van der Waals surface area (Å²) in [6.07, 6.45) is 0. The van der Waals surface area contributed by atoms with E-state index in [-0.39, 0.29) is 5.82 Å². The number of methoxy groups -OCH3 is 1. The fraction of sp³-hybridized carbons (Fsp3) is 0.250. The van der Waals surface area contributed by atoms with Crippen molar-refractivity contribution in [2.45, 2.75) is 19.9 Å². The Kier molecular flexibility index (Phi) is 4.37. The lowest BCUT2D eigenvalue weighted by Gasteiger charge is -2.22. The van der Waals surface area contributed by atoms with Crippen molar-refractivity contribution in [2.75, 3.05) is 7.11 Å². The molecule has 0 saturated heterocycles. The molecule has 0 saturated carbocycles. The summed E-state index contributed by atoms with van der Waals surface area (Å²) in [4.78, 5) is 0. The minimum absolute atomic E-state index is 0.340. The van der Waals surface area contributed by atoms with Crippen LogP contribution in [0.1, 0.15) is 28.3 Å². The zero-order valence-electron chi connectivity index (χ0n) is 11.9. The van der Waals surface area contributed by atoms with Gasteiger partial charge in [-0.1, -0.05) is 24.3 Å². The molecule has 2 aromatic carbocycles. The van der Waals surface area contributed by atoms with Gasteiger partial charge < -0.3 is 4.74 Å². The Morgan fingerprint density at radius 2 is 1.85 bits per heavy atom. The molecule has 0 heterocycles. The van der Waals surface area contributed by atoms with Crippen LogP contribution in [0.15, 0.2) is 36.4 Å². The average molecular weight is 274 g/mol. The maximum absolute atomic E-state index is 14.2. The van der Waals surface area contributed by atoms with Gasteiger partial charge in [0.25, 0.3) is 0 Å². The third-order valence-electron chi connectivity index (χ3n) is 3.65. The fourth-order valence-corrected chi connectivity index (χ4v) is 2.39. The monoisotopic (exact) mass is 274 g/mol. The van der Waals surface area contributed by atoms with Gasteiger partial charge in [-0.25, -0.2) is 9.82 Å². The molecule has 0 aliphatic rings. The molecule has 0 aliphatic heterocycles. The van der Waals surface area contributed by atoms with Crippen molar-refractivity contribution in [2.24, 2.45) is 5.84 Å². The molecule has 20 heavy (non-hydrogen) atoms. The van der Waals surface area contributed by atoms with E-state index in [4.69, 9.17) is 10.6 Å². The molecule has 2 aromatic rings. The van der Waals surface area contributed by atoms with E-state index in [1.807, 2.05) is 32.0 Å². The van der Waals surface area contributed by atoms with Crippen LogP contribution in [0.5, 0.6) is 5.75 Å². The minimum Gasteiger partial charge on any atom is -0.496 e. The quantitative estimate of drug-likeness (QED) is 0.665. The van der Waals surface area contributed by atoms with E-state index >= 15 is 0 Å². The van der Waals surface area contributed by atoms with Crippen LogP contribution in [0.3, 0.4) is 0 Å². The van der Waals surface area contributed by atoms with E-state index in [1.54, 1.807) is 12.1 Å². The summed E-state index contributed by atoms with van der Waals surface area (Å²) in [5.41, 5.74) is 6.28. The van der Waals surface area contributed by atoms with Crippen molar-refractivity contribution >= 4 is 0 Å². The zero-order valence-corrected chi connectivity index (χ0v) is 11.9. The normalized spacial score (nSPS) is 12.2. The number of rotatable bonds is 4. The third-order valence-corrected chi connectivity index (χ3v) is 3.65. The Balaban J connectivity index is 2.61. The molecule has 0 aliphatic carbocycles. The lowest BCUT2D eigenvalue weighted by molar-refractivity contribution is 0.397. The van der Waals surface area contributed by atoms with E-state index in [0.717, 1.165) is 16.7 Å². The van der Waals surface area contributed by atoms with Gasteiger partial charge in [0.05, 0.1) is 18.7 Å². The van der Waals surface area contributed by atoms with Gasteiger partial charge in [0.1, 0.15) is 11.6 Å². The highest BCUT2D eigenvalue weighted by atomic mass is 19.1. The summed E-state index contributed by atoms with van der Waals surface area (Å²) in [5, 5.41) is 0. The number of hydrazine groups is 1. The Labute approximate surface area is 118 Å². The first-order valence-corrected chi connectivity index (χ1v) is 6.44. The molecular weight excluding hydrogens is 255 g/mol. The van der Waals surface area contributed by atoms with Crippen molar-refractivity contribution in [1.29, 1.82) is 0 Å². The lowest BCUT2D eigenvalue weighted by atomic mass is 9.92. The van der Waals surface area contributed by atoms with Crippen LogP contribution in [-0.2, 0) is 0 Å². The summed E-state index contributed by atoms with van der Waals surface area (Å²) >= 11 is 0. The molecule has 0 fully saturated rings. The Hall–Kier alpha value is -1.91. The Bertz CT molecular complexity index is 613. The molecule has 4 heteroatoms. The zero-order chi connectivity index (χ0) is 14.7. The third kappa shape index (κ3) is 2.53. The SMILES string of the molecule is COc1cccc(F)c1C(NN)c1cccc(C)c1C. The first-order valence-electron chi connectivity index (χ1n) is 6.44. The van der Waals surface area contributed by atoms with Gasteiger partial charge in [0.15, 0.2) is 0 Å². The molecule has 0 spiro atoms. The Morgan fingerprint density at radius 3 is 2.50 bits per heavy atom. The van der Waals surface area contributed by atoms with Crippen molar-refractivity contribution in [3.8, 4) is 5.75 Å². The van der Waals surface area contributed by atoms with Gasteiger partial charge in [0.2, 0.25) is 0 Å². The van der Waals surface area contributed by atoms with E-state index in [9.17, 15) is 4.39 Å². The number of benzene rings is 2. The number of hydrogen-bond donors (Lipinski definition) is 2. The van der Waals surface area contributed by atoms with Crippen LogP contribution in [0, 0.1) is 19.7 Å². The van der Waals surface area contributed by atoms with Crippen LogP contribution in [-0.4, -0.2) is 7.11 Å². The second kappa shape index (κ2) is 6.03. The van der Waals surface area contributed by atoms with Gasteiger partial charge in [0, 0.05) is 0 Å². The number of nitrogens with two attached hydrogens (primary N) is 1. The van der Waals surface area contributed by atoms with Gasteiger partial charge in [-0.05, 0) is 42.7 Å². The summed E-state index contributed by atoms with van der Waals surface area (Å²) in [6, 6.07) is 10.2.